The molecule has 172 valence electrons. The first kappa shape index (κ1) is 24.3. The molecule has 0 saturated heterocycles. The van der Waals surface area contributed by atoms with Gasteiger partial charge in [0.25, 0.3) is 0 Å². The normalized spacial score (nSPS) is 12.9. The molecule has 0 fully saturated rings. The summed E-state index contributed by atoms with van der Waals surface area (Å²) in [5.41, 5.74) is 2.59. The van der Waals surface area contributed by atoms with Crippen LogP contribution in [0.1, 0.15) is 55.6 Å². The van der Waals surface area contributed by atoms with Gasteiger partial charge >= 0.3 is 6.18 Å². The van der Waals surface area contributed by atoms with Crippen LogP contribution in [0.25, 0.3) is 0 Å². The molecular weight excluding hydrogens is 425 g/mol. The number of halogens is 3. The molecule has 0 N–H and O–H groups in total. The maximum atomic E-state index is 14.5. The summed E-state index contributed by atoms with van der Waals surface area (Å²) in [5, 5.41) is 5.22. The average Bonchev–Trinajstić information content (AvgIpc) is 3.07. The molecule has 0 spiro atoms. The van der Waals surface area contributed by atoms with Gasteiger partial charge in [0.05, 0.1) is 6.54 Å². The molecule has 0 aliphatic carbocycles. The Balaban J connectivity index is 2.21. The van der Waals surface area contributed by atoms with Crippen molar-refractivity contribution >= 4 is 13.4 Å². The molecule has 32 heavy (non-hydrogen) atoms. The Morgan fingerprint density at radius 1 is 0.844 bits per heavy atom. The monoisotopic (exact) mass is 458 g/mol. The quantitative estimate of drug-likeness (QED) is 0.371. The molecule has 0 saturated carbocycles. The predicted octanol–water partition coefficient (Wildman–Crippen LogP) is 6.82. The number of hydrogen-bond acceptors (Lipinski definition) is 1. The second-order valence-corrected chi connectivity index (χ2v) is 15.3. The van der Waals surface area contributed by atoms with Crippen LogP contribution >= 0.6 is 0 Å². The molecule has 0 aliphatic heterocycles. The zero-order valence-electron chi connectivity index (χ0n) is 19.8. The Labute approximate surface area is 190 Å². The molecule has 3 aromatic rings. The predicted molar refractivity (Wildman–Crippen MR) is 128 cm³/mol. The summed E-state index contributed by atoms with van der Waals surface area (Å²) in [6.45, 7) is 12.8. The molecule has 3 rings (SSSR count). The van der Waals surface area contributed by atoms with Gasteiger partial charge in [-0.05, 0) is 28.1 Å². The lowest BCUT2D eigenvalue weighted by Gasteiger charge is -2.36. The van der Waals surface area contributed by atoms with Crippen LogP contribution in [-0.4, -0.2) is 17.9 Å². The van der Waals surface area contributed by atoms with Gasteiger partial charge in [0, 0.05) is 17.3 Å². The first-order valence-electron chi connectivity index (χ1n) is 11.1. The van der Waals surface area contributed by atoms with Gasteiger partial charge in [0.2, 0.25) is 0 Å². The van der Waals surface area contributed by atoms with Gasteiger partial charge in [0.1, 0.15) is 13.8 Å². The Kier molecular flexibility index (Phi) is 6.75. The van der Waals surface area contributed by atoms with Gasteiger partial charge < -0.3 is 0 Å². The third-order valence-corrected chi connectivity index (χ3v) is 12.1. The fourth-order valence-corrected chi connectivity index (χ4v) is 5.85. The third-order valence-electron chi connectivity index (χ3n) is 6.77. The van der Waals surface area contributed by atoms with Crippen molar-refractivity contribution in [2.24, 2.45) is 0 Å². The first-order valence-corrected chi connectivity index (χ1v) is 14.1. The number of aryl methyl sites for hydroxylation is 1. The Morgan fingerprint density at radius 3 is 1.91 bits per heavy atom. The van der Waals surface area contributed by atoms with E-state index in [1.54, 1.807) is 0 Å². The largest absolute Gasteiger partial charge is 0.433 e. The number of nitrogens with zero attached hydrogens (tertiary/aromatic N) is 2. The molecule has 2 nitrogen and oxygen atoms in total. The van der Waals surface area contributed by atoms with Crippen molar-refractivity contribution in [1.82, 2.24) is 9.78 Å². The molecule has 0 bridgehead atoms. The minimum absolute atomic E-state index is 0.103. The highest BCUT2D eigenvalue weighted by Gasteiger charge is 2.46. The van der Waals surface area contributed by atoms with Crippen LogP contribution < -0.4 is 5.32 Å². The van der Waals surface area contributed by atoms with E-state index in [2.05, 4.69) is 40.8 Å². The van der Waals surface area contributed by atoms with Gasteiger partial charge in [-0.1, -0.05) is 95.4 Å². The van der Waals surface area contributed by atoms with Gasteiger partial charge in [-0.2, -0.15) is 18.3 Å². The number of alkyl halides is 3. The van der Waals surface area contributed by atoms with E-state index < -0.39 is 19.9 Å². The second kappa shape index (κ2) is 8.89. The van der Waals surface area contributed by atoms with Gasteiger partial charge in [0.15, 0.2) is 0 Å². The molecular formula is C26H33F3N2Si. The van der Waals surface area contributed by atoms with Crippen LogP contribution in [0.3, 0.4) is 0 Å². The van der Waals surface area contributed by atoms with E-state index in [4.69, 9.17) is 5.10 Å². The van der Waals surface area contributed by atoms with Crippen LogP contribution in [0.15, 0.2) is 54.6 Å². The molecule has 0 unspecified atom stereocenters. The van der Waals surface area contributed by atoms with Crippen LogP contribution in [0.4, 0.5) is 13.2 Å². The van der Waals surface area contributed by atoms with Crippen molar-refractivity contribution in [2.75, 3.05) is 0 Å². The van der Waals surface area contributed by atoms with Crippen LogP contribution in [0, 0.1) is 0 Å². The van der Waals surface area contributed by atoms with E-state index in [9.17, 15) is 13.2 Å². The highest BCUT2D eigenvalue weighted by molar-refractivity contribution is 6.91. The number of rotatable bonds is 6. The van der Waals surface area contributed by atoms with E-state index in [-0.39, 0.29) is 18.0 Å². The standard InChI is InChI=1S/C26H33F3N2Si/c1-7-19-13-15-20(16-14-19)17-22-23(26(27,28)29)31(18-21-11-9-8-10-12-21)30-24(22)32(5,6)25(2,3)4/h8-16H,7,17-18H2,1-6H3. The zero-order chi connectivity index (χ0) is 23.7. The SMILES string of the molecule is CCc1ccc(Cc2c([Si](C)(C)C(C)(C)C)nn(Cc3ccccc3)c2C(F)(F)F)cc1. The van der Waals surface area contributed by atoms with Crippen molar-refractivity contribution in [3.05, 3.63) is 82.5 Å². The summed E-state index contributed by atoms with van der Waals surface area (Å²) in [5.74, 6) is 0. The summed E-state index contributed by atoms with van der Waals surface area (Å²) in [6, 6.07) is 17.1. The Bertz CT molecular complexity index is 1040. The first-order chi connectivity index (χ1) is 14.8. The van der Waals surface area contributed by atoms with E-state index in [0.29, 0.717) is 10.9 Å². The lowest BCUT2D eigenvalue weighted by atomic mass is 10.0. The van der Waals surface area contributed by atoms with Gasteiger partial charge in [-0.3, -0.25) is 4.68 Å². The van der Waals surface area contributed by atoms with Crippen LogP contribution in [-0.2, 0) is 25.6 Å². The lowest BCUT2D eigenvalue weighted by Crippen LogP contribution is -2.52. The summed E-state index contributed by atoms with van der Waals surface area (Å²) in [7, 11) is -2.34. The molecule has 0 atom stereocenters. The zero-order valence-corrected chi connectivity index (χ0v) is 20.8. The third kappa shape index (κ3) is 5.01. The van der Waals surface area contributed by atoms with E-state index in [1.165, 1.54) is 10.2 Å². The van der Waals surface area contributed by atoms with Crippen molar-refractivity contribution < 1.29 is 13.2 Å². The van der Waals surface area contributed by atoms with Gasteiger partial charge in [-0.15, -0.1) is 0 Å². The van der Waals surface area contributed by atoms with Crippen LogP contribution in [0.2, 0.25) is 18.1 Å². The molecule has 1 heterocycles. The number of benzene rings is 2. The average molecular weight is 459 g/mol. The molecule has 1 aromatic heterocycles. The molecule has 0 aliphatic rings. The smallest absolute Gasteiger partial charge is 0.256 e. The summed E-state index contributed by atoms with van der Waals surface area (Å²) in [4.78, 5) is 0. The second-order valence-electron chi connectivity index (χ2n) is 10.0. The number of hydrogen-bond donors (Lipinski definition) is 0. The van der Waals surface area contributed by atoms with Crippen molar-refractivity contribution in [3.8, 4) is 0 Å². The fraction of sp³-hybridized carbons (Fsp3) is 0.423. The van der Waals surface area contributed by atoms with Crippen molar-refractivity contribution in [3.63, 3.8) is 0 Å². The minimum atomic E-state index is -4.49. The Morgan fingerprint density at radius 2 is 1.41 bits per heavy atom. The van der Waals surface area contributed by atoms with Crippen molar-refractivity contribution in [2.45, 2.75) is 71.4 Å². The van der Waals surface area contributed by atoms with Gasteiger partial charge in [-0.25, -0.2) is 0 Å². The van der Waals surface area contributed by atoms with Crippen molar-refractivity contribution in [1.29, 1.82) is 0 Å². The summed E-state index contributed by atoms with van der Waals surface area (Å²) in [6.07, 6.45) is -3.35. The fourth-order valence-electron chi connectivity index (χ4n) is 3.81. The minimum Gasteiger partial charge on any atom is -0.256 e. The molecule has 6 heteroatoms. The maximum Gasteiger partial charge on any atom is 0.433 e. The van der Waals surface area contributed by atoms with Crippen LogP contribution in [0.5, 0.6) is 0 Å². The lowest BCUT2D eigenvalue weighted by molar-refractivity contribution is -0.144. The van der Waals surface area contributed by atoms with E-state index in [0.717, 1.165) is 17.5 Å². The summed E-state index contributed by atoms with van der Waals surface area (Å²) < 4.78 is 44.7. The summed E-state index contributed by atoms with van der Waals surface area (Å²) >= 11 is 0. The Hall–Kier alpha value is -2.34. The molecule has 0 radical (unpaired) electrons. The van der Waals surface area contributed by atoms with E-state index >= 15 is 0 Å². The topological polar surface area (TPSA) is 17.8 Å². The molecule has 0 amide bonds. The number of aromatic nitrogens is 2. The highest BCUT2D eigenvalue weighted by Crippen LogP contribution is 2.39. The molecule has 2 aromatic carbocycles. The highest BCUT2D eigenvalue weighted by atomic mass is 28.3. The van der Waals surface area contributed by atoms with E-state index in [1.807, 2.05) is 54.6 Å². The maximum absolute atomic E-state index is 14.5.